The molecule has 0 spiro atoms. The second-order valence-corrected chi connectivity index (χ2v) is 8.31. The van der Waals surface area contributed by atoms with Gasteiger partial charge in [-0.15, -0.1) is 0 Å². The van der Waals surface area contributed by atoms with E-state index in [0.29, 0.717) is 19.1 Å². The van der Waals surface area contributed by atoms with Crippen molar-refractivity contribution in [2.75, 3.05) is 12.9 Å². The summed E-state index contributed by atoms with van der Waals surface area (Å²) >= 11 is 0. The number of halogens is 2. The van der Waals surface area contributed by atoms with Crippen molar-refractivity contribution >= 4 is 28.0 Å². The molecule has 1 amide bonds. The van der Waals surface area contributed by atoms with Crippen LogP contribution in [0.2, 0.25) is 0 Å². The number of carbonyl (C=O) groups excluding carboxylic acids is 2. The zero-order chi connectivity index (χ0) is 25.1. The van der Waals surface area contributed by atoms with Crippen LogP contribution in [0.25, 0.3) is 0 Å². The predicted molar refractivity (Wildman–Crippen MR) is 114 cm³/mol. The highest BCUT2D eigenvalue weighted by Gasteiger charge is 2.39. The lowest BCUT2D eigenvalue weighted by Crippen LogP contribution is -2.55. The lowest BCUT2D eigenvalue weighted by atomic mass is 9.87. The van der Waals surface area contributed by atoms with Crippen molar-refractivity contribution in [2.45, 2.75) is 70.8 Å². The number of carbonyl (C=O) groups is 2. The standard InChI is InChI=1S/C17H28F2N4O4.CH4O3S/c1-4-10(5-2)27-12-8-9(16(25)26-6-3)7-11(22-17(20)21)13(12)23-15(24)14(18)19;1-5(2,3)4/h8,10-14H,4-7H2,1-3H3,(H,23,24)(H4,20,21,22);1H3,(H,2,3,4)/t11-,12+,13+;/m0./s1. The number of hydrogen-bond acceptors (Lipinski definition) is 7. The second-order valence-electron chi connectivity index (χ2n) is 6.85. The third kappa shape index (κ3) is 11.9. The molecule has 0 aromatic heterocycles. The summed E-state index contributed by atoms with van der Waals surface area (Å²) in [6.45, 7) is 5.66. The van der Waals surface area contributed by atoms with Crippen LogP contribution >= 0.6 is 0 Å². The van der Waals surface area contributed by atoms with Crippen molar-refractivity contribution in [1.82, 2.24) is 5.32 Å². The Hall–Kier alpha value is -2.32. The van der Waals surface area contributed by atoms with E-state index < -0.39 is 46.6 Å². The maximum absolute atomic E-state index is 12.8. The first kappa shape index (κ1) is 29.7. The molecule has 0 aromatic rings. The van der Waals surface area contributed by atoms with Crippen molar-refractivity contribution in [3.63, 3.8) is 0 Å². The number of esters is 1. The molecular weight excluding hydrogens is 454 g/mol. The van der Waals surface area contributed by atoms with E-state index >= 15 is 0 Å². The number of nitrogens with two attached hydrogens (primary N) is 2. The first-order valence-electron chi connectivity index (χ1n) is 9.86. The average molecular weight is 487 g/mol. The Morgan fingerprint density at radius 1 is 1.28 bits per heavy atom. The molecule has 11 nitrogen and oxygen atoms in total. The van der Waals surface area contributed by atoms with Crippen LogP contribution in [0.4, 0.5) is 8.78 Å². The van der Waals surface area contributed by atoms with E-state index in [-0.39, 0.29) is 30.7 Å². The molecule has 0 heterocycles. The number of rotatable bonds is 9. The molecule has 1 aliphatic carbocycles. The van der Waals surface area contributed by atoms with Gasteiger partial charge in [0.25, 0.3) is 16.0 Å². The van der Waals surface area contributed by atoms with Gasteiger partial charge in [0, 0.05) is 12.0 Å². The smallest absolute Gasteiger partial charge is 0.333 e. The molecule has 1 aliphatic rings. The number of hydrogen-bond donors (Lipinski definition) is 4. The lowest BCUT2D eigenvalue weighted by molar-refractivity contribution is -0.139. The summed E-state index contributed by atoms with van der Waals surface area (Å²) in [7, 11) is -3.67. The fourth-order valence-electron chi connectivity index (χ4n) is 2.87. The van der Waals surface area contributed by atoms with Gasteiger partial charge in [-0.05, 0) is 25.8 Å². The Morgan fingerprint density at radius 2 is 1.81 bits per heavy atom. The van der Waals surface area contributed by atoms with Gasteiger partial charge in [-0.2, -0.15) is 17.2 Å². The minimum atomic E-state index is -3.67. The fourth-order valence-corrected chi connectivity index (χ4v) is 2.87. The van der Waals surface area contributed by atoms with E-state index in [4.69, 9.17) is 25.5 Å². The van der Waals surface area contributed by atoms with Gasteiger partial charge in [0.05, 0.1) is 37.2 Å². The Bertz CT molecular complexity index is 774. The zero-order valence-electron chi connectivity index (χ0n) is 18.5. The third-order valence-electron chi connectivity index (χ3n) is 4.18. The van der Waals surface area contributed by atoms with Crippen molar-refractivity contribution in [3.8, 4) is 0 Å². The summed E-state index contributed by atoms with van der Waals surface area (Å²) in [4.78, 5) is 27.8. The third-order valence-corrected chi connectivity index (χ3v) is 4.18. The monoisotopic (exact) mass is 486 g/mol. The number of nitrogens with zero attached hydrogens (tertiary/aromatic N) is 1. The fraction of sp³-hybridized carbons (Fsp3) is 0.722. The molecule has 0 saturated heterocycles. The van der Waals surface area contributed by atoms with Gasteiger partial charge >= 0.3 is 12.4 Å². The Kier molecular flexibility index (Phi) is 12.9. The Morgan fingerprint density at radius 3 is 2.22 bits per heavy atom. The van der Waals surface area contributed by atoms with Gasteiger partial charge in [0.15, 0.2) is 5.96 Å². The van der Waals surface area contributed by atoms with Gasteiger partial charge in [-0.1, -0.05) is 13.8 Å². The molecule has 186 valence electrons. The predicted octanol–water partition coefficient (Wildman–Crippen LogP) is 0.349. The molecule has 3 atom stereocenters. The molecular formula is C18H32F2N4O7S. The highest BCUT2D eigenvalue weighted by Crippen LogP contribution is 2.27. The maximum Gasteiger partial charge on any atom is 0.333 e. The van der Waals surface area contributed by atoms with Crippen LogP contribution in [0.5, 0.6) is 0 Å². The van der Waals surface area contributed by atoms with Crippen LogP contribution in [0, 0.1) is 0 Å². The van der Waals surface area contributed by atoms with Crippen molar-refractivity contribution < 1.29 is 40.8 Å². The highest BCUT2D eigenvalue weighted by atomic mass is 32.2. The Labute approximate surface area is 186 Å². The van der Waals surface area contributed by atoms with E-state index in [1.165, 1.54) is 6.08 Å². The molecule has 0 aromatic carbocycles. The number of ether oxygens (including phenoxy) is 2. The Balaban J connectivity index is 0.00000172. The number of alkyl halides is 2. The first-order valence-corrected chi connectivity index (χ1v) is 11.7. The van der Waals surface area contributed by atoms with Crippen molar-refractivity contribution in [3.05, 3.63) is 11.6 Å². The van der Waals surface area contributed by atoms with Crippen molar-refractivity contribution in [2.24, 2.45) is 16.5 Å². The van der Waals surface area contributed by atoms with Gasteiger partial charge in [0.1, 0.15) is 0 Å². The molecule has 6 N–H and O–H groups in total. The van der Waals surface area contributed by atoms with Crippen LogP contribution in [-0.4, -0.2) is 74.4 Å². The van der Waals surface area contributed by atoms with Crippen molar-refractivity contribution in [1.29, 1.82) is 0 Å². The molecule has 14 heteroatoms. The van der Waals surface area contributed by atoms with E-state index in [1.807, 2.05) is 13.8 Å². The minimum Gasteiger partial charge on any atom is -0.463 e. The highest BCUT2D eigenvalue weighted by molar-refractivity contribution is 7.85. The van der Waals surface area contributed by atoms with Crippen LogP contribution < -0.4 is 16.8 Å². The summed E-state index contributed by atoms with van der Waals surface area (Å²) < 4.78 is 62.4. The maximum atomic E-state index is 12.8. The largest absolute Gasteiger partial charge is 0.463 e. The summed E-state index contributed by atoms with van der Waals surface area (Å²) in [6, 6.07) is -1.80. The van der Waals surface area contributed by atoms with E-state index in [9.17, 15) is 26.8 Å². The molecule has 0 aliphatic heterocycles. The summed E-state index contributed by atoms with van der Waals surface area (Å²) in [5.74, 6) is -2.31. The molecule has 0 bridgehead atoms. The van der Waals surface area contributed by atoms with Gasteiger partial charge in [-0.25, -0.2) is 9.79 Å². The molecule has 0 saturated carbocycles. The van der Waals surface area contributed by atoms with E-state index in [0.717, 1.165) is 0 Å². The lowest BCUT2D eigenvalue weighted by Gasteiger charge is -2.36. The van der Waals surface area contributed by atoms with E-state index in [1.54, 1.807) is 6.92 Å². The molecule has 0 unspecified atom stereocenters. The number of amides is 1. The molecule has 32 heavy (non-hydrogen) atoms. The average Bonchev–Trinajstić information content (AvgIpc) is 2.66. The molecule has 0 fully saturated rings. The summed E-state index contributed by atoms with van der Waals surface area (Å²) in [6.07, 6.45) is -0.700. The van der Waals surface area contributed by atoms with E-state index in [2.05, 4.69) is 10.3 Å². The summed E-state index contributed by atoms with van der Waals surface area (Å²) in [5.41, 5.74) is 11.2. The molecule has 0 radical (unpaired) electrons. The SMILES string of the molecule is CCOC(=O)C1=C[C@@H](OC(CC)CC)[C@H](NC(=O)C(F)F)[C@@H](N=C(N)N)C1.CS(=O)(=O)O. The number of aliphatic imine (C=N–C) groups is 1. The normalized spacial score (nSPS) is 20.7. The summed E-state index contributed by atoms with van der Waals surface area (Å²) in [5, 5.41) is 2.24. The van der Waals surface area contributed by atoms with Gasteiger partial charge < -0.3 is 26.3 Å². The topological polar surface area (TPSA) is 183 Å². The minimum absolute atomic E-state index is 0.0215. The number of guanidine groups is 1. The second kappa shape index (κ2) is 14.0. The van der Waals surface area contributed by atoms with Gasteiger partial charge in [0.2, 0.25) is 0 Å². The van der Waals surface area contributed by atoms with Crippen LogP contribution in [0.1, 0.15) is 40.0 Å². The quantitative estimate of drug-likeness (QED) is 0.154. The molecule has 1 rings (SSSR count). The van der Waals surface area contributed by atoms with Crippen LogP contribution in [0.3, 0.4) is 0 Å². The first-order chi connectivity index (χ1) is 14.7. The zero-order valence-corrected chi connectivity index (χ0v) is 19.3. The van der Waals surface area contributed by atoms with Crippen LogP contribution in [-0.2, 0) is 29.2 Å². The van der Waals surface area contributed by atoms with Gasteiger partial charge in [-0.3, -0.25) is 9.35 Å². The number of nitrogens with one attached hydrogen (secondary N) is 1. The van der Waals surface area contributed by atoms with Crippen LogP contribution in [0.15, 0.2) is 16.6 Å².